The topological polar surface area (TPSA) is 34.9 Å². The molecule has 1 aromatic heterocycles. The molecule has 1 heterocycles. The second-order valence-electron chi connectivity index (χ2n) is 5.15. The summed E-state index contributed by atoms with van der Waals surface area (Å²) in [6, 6.07) is 13.3. The number of halogens is 1. The number of para-hydroxylation sites is 1. The van der Waals surface area contributed by atoms with Crippen LogP contribution >= 0.6 is 11.6 Å². The molecular formula is C17H15ClN2O. The summed E-state index contributed by atoms with van der Waals surface area (Å²) in [5, 5.41) is 6.10. The van der Waals surface area contributed by atoms with Gasteiger partial charge in [0.1, 0.15) is 0 Å². The highest BCUT2D eigenvalue weighted by Crippen LogP contribution is 2.21. The van der Waals surface area contributed by atoms with Crippen molar-refractivity contribution in [2.75, 3.05) is 0 Å². The van der Waals surface area contributed by atoms with Gasteiger partial charge >= 0.3 is 0 Å². The molecule has 0 aliphatic carbocycles. The molecule has 0 N–H and O–H groups in total. The molecule has 0 aliphatic heterocycles. The number of aryl methyl sites for hydroxylation is 2. The van der Waals surface area contributed by atoms with Crippen molar-refractivity contribution in [3.05, 3.63) is 64.3 Å². The summed E-state index contributed by atoms with van der Waals surface area (Å²) < 4.78 is 1.81. The van der Waals surface area contributed by atoms with Gasteiger partial charge in [0.15, 0.2) is 5.78 Å². The average molecular weight is 299 g/mol. The van der Waals surface area contributed by atoms with Gasteiger partial charge in [-0.3, -0.25) is 9.48 Å². The standard InChI is InChI=1S/C17H15ClN2O/c1-11-7-8-12(9-14(11)18)17(21)10-15-13-5-3-4-6-16(13)20(2)19-15/h3-9H,10H2,1-2H3. The number of rotatable bonds is 3. The van der Waals surface area contributed by atoms with Crippen LogP contribution in [-0.2, 0) is 13.5 Å². The van der Waals surface area contributed by atoms with E-state index in [-0.39, 0.29) is 12.2 Å². The number of hydrogen-bond donors (Lipinski definition) is 0. The third-order valence-electron chi connectivity index (χ3n) is 3.66. The Hall–Kier alpha value is -2.13. The van der Waals surface area contributed by atoms with Gasteiger partial charge in [-0.1, -0.05) is 41.9 Å². The predicted octanol–water partition coefficient (Wildman–Crippen LogP) is 3.96. The lowest BCUT2D eigenvalue weighted by molar-refractivity contribution is 0.0992. The first-order valence-corrected chi connectivity index (χ1v) is 7.14. The highest BCUT2D eigenvalue weighted by molar-refractivity contribution is 6.31. The zero-order valence-electron chi connectivity index (χ0n) is 11.9. The van der Waals surface area contributed by atoms with Crippen LogP contribution in [0.1, 0.15) is 21.6 Å². The van der Waals surface area contributed by atoms with Crippen LogP contribution < -0.4 is 0 Å². The van der Waals surface area contributed by atoms with Gasteiger partial charge in [0.05, 0.1) is 17.6 Å². The Bertz CT molecular complexity index is 836. The molecular weight excluding hydrogens is 284 g/mol. The van der Waals surface area contributed by atoms with Gasteiger partial charge in [0.25, 0.3) is 0 Å². The fraction of sp³-hybridized carbons (Fsp3) is 0.176. The lowest BCUT2D eigenvalue weighted by Gasteiger charge is -2.02. The highest BCUT2D eigenvalue weighted by Gasteiger charge is 2.14. The Labute approximate surface area is 128 Å². The van der Waals surface area contributed by atoms with Crippen LogP contribution in [0.2, 0.25) is 5.02 Å². The summed E-state index contributed by atoms with van der Waals surface area (Å²) in [5.74, 6) is 0.0285. The zero-order chi connectivity index (χ0) is 15.0. The zero-order valence-corrected chi connectivity index (χ0v) is 12.7. The number of carbonyl (C=O) groups is 1. The Kier molecular flexibility index (Phi) is 3.52. The van der Waals surface area contributed by atoms with Crippen molar-refractivity contribution in [2.24, 2.45) is 7.05 Å². The van der Waals surface area contributed by atoms with E-state index in [4.69, 9.17) is 11.6 Å². The molecule has 0 saturated carbocycles. The van der Waals surface area contributed by atoms with Crippen molar-refractivity contribution < 1.29 is 4.79 Å². The molecule has 0 bridgehead atoms. The number of hydrogen-bond acceptors (Lipinski definition) is 2. The van der Waals surface area contributed by atoms with Crippen LogP contribution in [0, 0.1) is 6.92 Å². The first-order valence-electron chi connectivity index (χ1n) is 6.76. The van der Waals surface area contributed by atoms with E-state index in [2.05, 4.69) is 5.10 Å². The van der Waals surface area contributed by atoms with E-state index in [1.165, 1.54) is 0 Å². The molecule has 0 spiro atoms. The SMILES string of the molecule is Cc1ccc(C(=O)Cc2nn(C)c3ccccc23)cc1Cl. The van der Waals surface area contributed by atoms with Gasteiger partial charge in [0, 0.05) is 23.0 Å². The molecule has 0 amide bonds. The van der Waals surface area contributed by atoms with Gasteiger partial charge in [-0.25, -0.2) is 0 Å². The molecule has 0 aliphatic rings. The number of benzene rings is 2. The molecule has 106 valence electrons. The van der Waals surface area contributed by atoms with Gasteiger partial charge in [-0.05, 0) is 24.6 Å². The molecule has 3 rings (SSSR count). The van der Waals surface area contributed by atoms with Crippen LogP contribution in [-0.4, -0.2) is 15.6 Å². The minimum Gasteiger partial charge on any atom is -0.294 e. The molecule has 3 nitrogen and oxygen atoms in total. The van der Waals surface area contributed by atoms with E-state index in [0.29, 0.717) is 10.6 Å². The number of carbonyl (C=O) groups excluding carboxylic acids is 1. The molecule has 4 heteroatoms. The molecule has 21 heavy (non-hydrogen) atoms. The summed E-state index contributed by atoms with van der Waals surface area (Å²) in [4.78, 5) is 12.4. The number of aromatic nitrogens is 2. The third-order valence-corrected chi connectivity index (χ3v) is 4.06. The molecule has 0 atom stereocenters. The predicted molar refractivity (Wildman–Crippen MR) is 84.9 cm³/mol. The van der Waals surface area contributed by atoms with Gasteiger partial charge in [0.2, 0.25) is 0 Å². The van der Waals surface area contributed by atoms with E-state index in [0.717, 1.165) is 22.2 Å². The summed E-state index contributed by atoms with van der Waals surface area (Å²) in [6.45, 7) is 1.92. The van der Waals surface area contributed by atoms with Crippen molar-refractivity contribution in [1.82, 2.24) is 9.78 Å². The number of fused-ring (bicyclic) bond motifs is 1. The Balaban J connectivity index is 1.94. The molecule has 2 aromatic carbocycles. The summed E-state index contributed by atoms with van der Waals surface area (Å²) in [7, 11) is 1.89. The van der Waals surface area contributed by atoms with Crippen LogP contribution in [0.3, 0.4) is 0 Å². The lowest BCUT2D eigenvalue weighted by Crippen LogP contribution is -2.05. The Morgan fingerprint density at radius 2 is 2.00 bits per heavy atom. The van der Waals surface area contributed by atoms with Crippen molar-refractivity contribution in [3.63, 3.8) is 0 Å². The van der Waals surface area contributed by atoms with Crippen LogP contribution in [0.4, 0.5) is 0 Å². The minimum atomic E-state index is 0.0285. The molecule has 0 radical (unpaired) electrons. The summed E-state index contributed by atoms with van der Waals surface area (Å²) in [6.07, 6.45) is 0.279. The first-order chi connectivity index (χ1) is 10.1. The van der Waals surface area contributed by atoms with Crippen molar-refractivity contribution in [3.8, 4) is 0 Å². The van der Waals surface area contributed by atoms with Crippen molar-refractivity contribution in [1.29, 1.82) is 0 Å². The second-order valence-corrected chi connectivity index (χ2v) is 5.56. The monoisotopic (exact) mass is 298 g/mol. The van der Waals surface area contributed by atoms with Gasteiger partial charge < -0.3 is 0 Å². The van der Waals surface area contributed by atoms with E-state index in [1.54, 1.807) is 10.7 Å². The van der Waals surface area contributed by atoms with E-state index in [9.17, 15) is 4.79 Å². The molecule has 0 fully saturated rings. The number of ketones is 1. The van der Waals surface area contributed by atoms with E-state index in [1.807, 2.05) is 50.4 Å². The maximum Gasteiger partial charge on any atom is 0.168 e. The Morgan fingerprint density at radius 1 is 1.24 bits per heavy atom. The molecule has 0 saturated heterocycles. The van der Waals surface area contributed by atoms with Crippen LogP contribution in [0.15, 0.2) is 42.5 Å². The maximum absolute atomic E-state index is 12.4. The quantitative estimate of drug-likeness (QED) is 0.686. The van der Waals surface area contributed by atoms with E-state index >= 15 is 0 Å². The smallest absolute Gasteiger partial charge is 0.168 e. The maximum atomic E-state index is 12.4. The van der Waals surface area contributed by atoms with Gasteiger partial charge in [-0.2, -0.15) is 5.10 Å². The van der Waals surface area contributed by atoms with Gasteiger partial charge in [-0.15, -0.1) is 0 Å². The van der Waals surface area contributed by atoms with Crippen LogP contribution in [0.5, 0.6) is 0 Å². The normalized spacial score (nSPS) is 11.0. The average Bonchev–Trinajstić information content (AvgIpc) is 2.79. The van der Waals surface area contributed by atoms with Crippen LogP contribution in [0.25, 0.3) is 10.9 Å². The largest absolute Gasteiger partial charge is 0.294 e. The Morgan fingerprint density at radius 3 is 2.76 bits per heavy atom. The summed E-state index contributed by atoms with van der Waals surface area (Å²) >= 11 is 6.09. The van der Waals surface area contributed by atoms with Crippen molar-refractivity contribution in [2.45, 2.75) is 13.3 Å². The third kappa shape index (κ3) is 2.57. The lowest BCUT2D eigenvalue weighted by atomic mass is 10.0. The van der Waals surface area contributed by atoms with E-state index < -0.39 is 0 Å². The fourth-order valence-corrected chi connectivity index (χ4v) is 2.62. The first kappa shape index (κ1) is 13.8. The second kappa shape index (κ2) is 5.34. The fourth-order valence-electron chi connectivity index (χ4n) is 2.44. The number of nitrogens with zero attached hydrogens (tertiary/aromatic N) is 2. The minimum absolute atomic E-state index is 0.0285. The molecule has 3 aromatic rings. The van der Waals surface area contributed by atoms with Crippen molar-refractivity contribution >= 4 is 28.3 Å². The highest BCUT2D eigenvalue weighted by atomic mass is 35.5. The number of Topliss-reactive ketones (excluding diaryl/α,β-unsaturated/α-hetero) is 1. The summed E-state index contributed by atoms with van der Waals surface area (Å²) in [5.41, 5.74) is 3.42. The molecule has 0 unspecified atom stereocenters.